The maximum Gasteiger partial charge on any atom is -0.00153 e. The maximum absolute atomic E-state index is 3.60. The fourth-order valence-electron chi connectivity index (χ4n) is 4.03. The van der Waals surface area contributed by atoms with Gasteiger partial charge in [0, 0.05) is 0 Å². The lowest BCUT2D eigenvalue weighted by atomic mass is 9.64. The molecule has 2 fully saturated rings. The largest absolute Gasteiger partial charge is 0.316 e. The molecule has 1 heteroatoms. The second kappa shape index (κ2) is 4.68. The second-order valence-corrected chi connectivity index (χ2v) is 6.94. The van der Waals surface area contributed by atoms with Crippen molar-refractivity contribution < 1.29 is 0 Å². The van der Waals surface area contributed by atoms with E-state index in [9.17, 15) is 0 Å². The highest BCUT2D eigenvalue weighted by molar-refractivity contribution is 4.94. The van der Waals surface area contributed by atoms with Gasteiger partial charge >= 0.3 is 0 Å². The van der Waals surface area contributed by atoms with E-state index in [1.54, 1.807) is 0 Å². The Bertz CT molecular complexity index is 234. The molecule has 0 bridgehead atoms. The highest BCUT2D eigenvalue weighted by Crippen LogP contribution is 2.50. The summed E-state index contributed by atoms with van der Waals surface area (Å²) in [5, 5.41) is 3.60. The molecule has 0 aromatic carbocycles. The molecule has 1 aliphatic heterocycles. The van der Waals surface area contributed by atoms with E-state index >= 15 is 0 Å². The van der Waals surface area contributed by atoms with Crippen molar-refractivity contribution in [3.8, 4) is 0 Å². The Labute approximate surface area is 101 Å². The number of rotatable bonds is 1. The van der Waals surface area contributed by atoms with Crippen LogP contribution in [0.15, 0.2) is 0 Å². The summed E-state index contributed by atoms with van der Waals surface area (Å²) in [6, 6.07) is 0. The Balaban J connectivity index is 2.10. The van der Waals surface area contributed by atoms with Crippen LogP contribution >= 0.6 is 0 Å². The van der Waals surface area contributed by atoms with Gasteiger partial charge < -0.3 is 5.32 Å². The first-order chi connectivity index (χ1) is 7.58. The van der Waals surface area contributed by atoms with Crippen molar-refractivity contribution in [3.05, 3.63) is 0 Å². The number of hydrogen-bond donors (Lipinski definition) is 1. The molecule has 0 radical (unpaired) electrons. The van der Waals surface area contributed by atoms with Crippen LogP contribution in [0.4, 0.5) is 0 Å². The maximum atomic E-state index is 3.60. The predicted molar refractivity (Wildman–Crippen MR) is 70.6 cm³/mol. The molecule has 1 heterocycles. The number of hydrogen-bond acceptors (Lipinski definition) is 1. The van der Waals surface area contributed by atoms with Gasteiger partial charge in [-0.05, 0) is 61.9 Å². The minimum Gasteiger partial charge on any atom is -0.316 e. The fraction of sp³-hybridized carbons (Fsp3) is 1.00. The zero-order valence-corrected chi connectivity index (χ0v) is 11.4. The SMILES string of the molecule is CCC1CNCCC12CCCC(C)(C)CC2. The van der Waals surface area contributed by atoms with E-state index in [2.05, 4.69) is 26.1 Å². The standard InChI is InChI=1S/C15H29N/c1-4-13-12-16-11-10-15(13)7-5-6-14(2,3)8-9-15/h13,16H,4-12H2,1-3H3. The van der Waals surface area contributed by atoms with Gasteiger partial charge in [-0.3, -0.25) is 0 Å². The average Bonchev–Trinajstić information content (AvgIpc) is 2.40. The van der Waals surface area contributed by atoms with Crippen molar-refractivity contribution in [2.45, 2.75) is 65.7 Å². The molecule has 1 saturated carbocycles. The van der Waals surface area contributed by atoms with Crippen molar-refractivity contribution in [3.63, 3.8) is 0 Å². The summed E-state index contributed by atoms with van der Waals surface area (Å²) in [5.41, 5.74) is 1.31. The third-order valence-corrected chi connectivity index (χ3v) is 5.38. The predicted octanol–water partition coefficient (Wildman–Crippen LogP) is 3.98. The van der Waals surface area contributed by atoms with Gasteiger partial charge in [0.1, 0.15) is 0 Å². The Hall–Kier alpha value is -0.0400. The molecule has 2 aliphatic rings. The lowest BCUT2D eigenvalue weighted by Gasteiger charge is -2.44. The molecular weight excluding hydrogens is 194 g/mol. The van der Waals surface area contributed by atoms with Crippen molar-refractivity contribution in [2.24, 2.45) is 16.7 Å². The van der Waals surface area contributed by atoms with Crippen LogP contribution in [-0.4, -0.2) is 13.1 Å². The van der Waals surface area contributed by atoms with Gasteiger partial charge in [0.05, 0.1) is 0 Å². The average molecular weight is 223 g/mol. The molecule has 2 atom stereocenters. The first-order valence-electron chi connectivity index (χ1n) is 7.29. The van der Waals surface area contributed by atoms with Gasteiger partial charge in [-0.2, -0.15) is 0 Å². The third-order valence-electron chi connectivity index (χ3n) is 5.38. The lowest BCUT2D eigenvalue weighted by Crippen LogP contribution is -2.44. The second-order valence-electron chi connectivity index (χ2n) is 6.94. The van der Waals surface area contributed by atoms with Crippen LogP contribution in [0.25, 0.3) is 0 Å². The van der Waals surface area contributed by atoms with Crippen LogP contribution in [0, 0.1) is 16.7 Å². The topological polar surface area (TPSA) is 12.0 Å². The lowest BCUT2D eigenvalue weighted by molar-refractivity contribution is 0.0795. The van der Waals surface area contributed by atoms with Crippen molar-refractivity contribution in [1.82, 2.24) is 5.32 Å². The summed E-state index contributed by atoms with van der Waals surface area (Å²) in [7, 11) is 0. The van der Waals surface area contributed by atoms with Crippen LogP contribution in [0.3, 0.4) is 0 Å². The molecule has 1 N–H and O–H groups in total. The normalized spacial score (nSPS) is 39.6. The Kier molecular flexibility index (Phi) is 3.63. The molecule has 2 rings (SSSR count). The van der Waals surface area contributed by atoms with Gasteiger partial charge in [-0.25, -0.2) is 0 Å². The van der Waals surface area contributed by atoms with E-state index in [-0.39, 0.29) is 0 Å². The van der Waals surface area contributed by atoms with Crippen LogP contribution in [0.2, 0.25) is 0 Å². The van der Waals surface area contributed by atoms with E-state index in [1.807, 2.05) is 0 Å². The van der Waals surface area contributed by atoms with E-state index in [0.29, 0.717) is 10.8 Å². The van der Waals surface area contributed by atoms with E-state index < -0.39 is 0 Å². The van der Waals surface area contributed by atoms with E-state index in [4.69, 9.17) is 0 Å². The Morgan fingerprint density at radius 3 is 2.62 bits per heavy atom. The van der Waals surface area contributed by atoms with Crippen molar-refractivity contribution >= 4 is 0 Å². The molecule has 1 spiro atoms. The minimum absolute atomic E-state index is 0.604. The van der Waals surface area contributed by atoms with Crippen LogP contribution in [0.5, 0.6) is 0 Å². The van der Waals surface area contributed by atoms with Crippen molar-refractivity contribution in [1.29, 1.82) is 0 Å². The van der Waals surface area contributed by atoms with Gasteiger partial charge in [-0.1, -0.05) is 33.6 Å². The first kappa shape index (κ1) is 12.4. The van der Waals surface area contributed by atoms with Crippen molar-refractivity contribution in [2.75, 3.05) is 13.1 Å². The summed E-state index contributed by atoms with van der Waals surface area (Å²) in [5.74, 6) is 0.940. The smallest absolute Gasteiger partial charge is 0.00153 e. The minimum atomic E-state index is 0.604. The van der Waals surface area contributed by atoms with Gasteiger partial charge in [0.2, 0.25) is 0 Å². The van der Waals surface area contributed by atoms with Gasteiger partial charge in [-0.15, -0.1) is 0 Å². The monoisotopic (exact) mass is 223 g/mol. The van der Waals surface area contributed by atoms with Crippen LogP contribution < -0.4 is 5.32 Å². The summed E-state index contributed by atoms with van der Waals surface area (Å²) < 4.78 is 0. The molecule has 16 heavy (non-hydrogen) atoms. The Morgan fingerprint density at radius 2 is 1.88 bits per heavy atom. The van der Waals surface area contributed by atoms with Gasteiger partial charge in [0.15, 0.2) is 0 Å². The van der Waals surface area contributed by atoms with E-state index in [1.165, 1.54) is 58.0 Å². The summed E-state index contributed by atoms with van der Waals surface area (Å²) in [6.45, 7) is 9.85. The molecular formula is C15H29N. The molecule has 0 amide bonds. The van der Waals surface area contributed by atoms with Crippen LogP contribution in [0.1, 0.15) is 65.7 Å². The summed E-state index contributed by atoms with van der Waals surface area (Å²) in [4.78, 5) is 0. The summed E-state index contributed by atoms with van der Waals surface area (Å²) >= 11 is 0. The first-order valence-corrected chi connectivity index (χ1v) is 7.29. The molecule has 2 unspecified atom stereocenters. The fourth-order valence-corrected chi connectivity index (χ4v) is 4.03. The number of nitrogens with one attached hydrogen (secondary N) is 1. The van der Waals surface area contributed by atoms with Crippen LogP contribution in [-0.2, 0) is 0 Å². The summed E-state index contributed by atoms with van der Waals surface area (Å²) in [6.07, 6.45) is 10.1. The molecule has 1 saturated heterocycles. The zero-order chi connectivity index (χ0) is 11.6. The molecule has 1 aliphatic carbocycles. The van der Waals surface area contributed by atoms with E-state index in [0.717, 1.165) is 5.92 Å². The zero-order valence-electron chi connectivity index (χ0n) is 11.4. The molecule has 94 valence electrons. The highest BCUT2D eigenvalue weighted by Gasteiger charge is 2.41. The Morgan fingerprint density at radius 1 is 1.06 bits per heavy atom. The highest BCUT2D eigenvalue weighted by atomic mass is 14.9. The third kappa shape index (κ3) is 2.45. The molecule has 0 aromatic heterocycles. The molecule has 1 nitrogen and oxygen atoms in total. The molecule has 0 aromatic rings. The quantitative estimate of drug-likeness (QED) is 0.709. The number of piperidine rings is 1. The van der Waals surface area contributed by atoms with Gasteiger partial charge in [0.25, 0.3) is 0 Å².